The normalized spacial score (nSPS) is 11.2. The summed E-state index contributed by atoms with van der Waals surface area (Å²) in [7, 11) is 1.45. The van der Waals surface area contributed by atoms with Gasteiger partial charge in [-0.15, -0.1) is 0 Å². The Labute approximate surface area is 201 Å². The van der Waals surface area contributed by atoms with E-state index in [-0.39, 0.29) is 29.4 Å². The van der Waals surface area contributed by atoms with Crippen molar-refractivity contribution in [3.63, 3.8) is 0 Å². The highest BCUT2D eigenvalue weighted by Gasteiger charge is 2.22. The number of amides is 1. The Kier molecular flexibility index (Phi) is 7.59. The second kappa shape index (κ2) is 10.6. The zero-order valence-corrected chi connectivity index (χ0v) is 20.0. The number of hydrazone groups is 1. The molecule has 11 heteroatoms. The molecule has 3 aromatic rings. The molecule has 0 aliphatic heterocycles. The van der Waals surface area contributed by atoms with Crippen LogP contribution < -0.4 is 14.9 Å². The second-order valence-electron chi connectivity index (χ2n) is 7.79. The number of nitro groups is 1. The maximum atomic E-state index is 12.5. The number of methoxy groups -OCH3 is 1. The van der Waals surface area contributed by atoms with Crippen LogP contribution in [0, 0.1) is 30.9 Å². The van der Waals surface area contributed by atoms with Gasteiger partial charge < -0.3 is 9.47 Å². The summed E-state index contributed by atoms with van der Waals surface area (Å²) in [5.41, 5.74) is 5.26. The number of carbonyl (C=O) groups is 2. The van der Waals surface area contributed by atoms with Gasteiger partial charge in [0, 0.05) is 5.56 Å². The Hall–Kier alpha value is -4.54. The minimum atomic E-state index is -0.524. The van der Waals surface area contributed by atoms with E-state index in [1.165, 1.54) is 25.6 Å². The van der Waals surface area contributed by atoms with E-state index in [4.69, 9.17) is 9.47 Å². The molecule has 0 fully saturated rings. The summed E-state index contributed by atoms with van der Waals surface area (Å²) in [4.78, 5) is 35.4. The third kappa shape index (κ3) is 5.88. The summed E-state index contributed by atoms with van der Waals surface area (Å²) in [5, 5.41) is 19.3. The Balaban J connectivity index is 1.70. The van der Waals surface area contributed by atoms with Crippen LogP contribution in [0.3, 0.4) is 0 Å². The van der Waals surface area contributed by atoms with Gasteiger partial charge in [-0.05, 0) is 58.0 Å². The van der Waals surface area contributed by atoms with E-state index >= 15 is 0 Å². The number of nitrogens with one attached hydrogen (secondary N) is 1. The maximum Gasteiger partial charge on any atom is 0.343 e. The number of rotatable bonds is 8. The number of aryl methyl sites for hydroxylation is 2. The molecule has 2 aromatic carbocycles. The smallest absolute Gasteiger partial charge is 0.343 e. The molecule has 0 unspecified atom stereocenters. The first-order chi connectivity index (χ1) is 16.6. The molecule has 0 aliphatic rings. The van der Waals surface area contributed by atoms with Gasteiger partial charge in [0.15, 0.2) is 11.5 Å². The first kappa shape index (κ1) is 25.1. The van der Waals surface area contributed by atoms with E-state index in [0.717, 1.165) is 5.56 Å². The van der Waals surface area contributed by atoms with Gasteiger partial charge in [0.05, 0.1) is 23.3 Å². The van der Waals surface area contributed by atoms with Gasteiger partial charge in [-0.3, -0.25) is 19.6 Å². The van der Waals surface area contributed by atoms with Crippen molar-refractivity contribution in [3.05, 3.63) is 80.7 Å². The SMILES string of the molecule is COc1cc(C(C)=NNC(=O)Cn2nc(C)c([N+](=O)[O-])c2C)ccc1OC(=O)c1cccc(C)c1. The molecule has 0 aliphatic carbocycles. The Bertz CT molecular complexity index is 1330. The van der Waals surface area contributed by atoms with Gasteiger partial charge in [0.2, 0.25) is 0 Å². The number of nitrogens with zero attached hydrogens (tertiary/aromatic N) is 4. The lowest BCUT2D eigenvalue weighted by Gasteiger charge is -2.11. The Morgan fingerprint density at radius 3 is 2.49 bits per heavy atom. The highest BCUT2D eigenvalue weighted by Crippen LogP contribution is 2.29. The lowest BCUT2D eigenvalue weighted by atomic mass is 10.1. The van der Waals surface area contributed by atoms with Gasteiger partial charge in [-0.1, -0.05) is 17.7 Å². The molecule has 0 bridgehead atoms. The molecule has 182 valence electrons. The minimum Gasteiger partial charge on any atom is -0.493 e. The number of carbonyl (C=O) groups excluding carboxylic acids is 2. The molecule has 0 spiro atoms. The van der Waals surface area contributed by atoms with Crippen molar-refractivity contribution in [2.45, 2.75) is 34.2 Å². The van der Waals surface area contributed by atoms with Gasteiger partial charge in [0.1, 0.15) is 17.9 Å². The minimum absolute atomic E-state index is 0.118. The summed E-state index contributed by atoms with van der Waals surface area (Å²) >= 11 is 0. The highest BCUT2D eigenvalue weighted by atomic mass is 16.6. The zero-order chi connectivity index (χ0) is 25.7. The van der Waals surface area contributed by atoms with E-state index in [1.807, 2.05) is 13.0 Å². The summed E-state index contributed by atoms with van der Waals surface area (Å²) in [5.74, 6) is -0.452. The number of hydrogen-bond donors (Lipinski definition) is 1. The second-order valence-corrected chi connectivity index (χ2v) is 7.79. The number of ether oxygens (including phenoxy) is 2. The lowest BCUT2D eigenvalue weighted by Crippen LogP contribution is -2.25. The molecule has 0 atom stereocenters. The Morgan fingerprint density at radius 2 is 1.86 bits per heavy atom. The van der Waals surface area contributed by atoms with Crippen molar-refractivity contribution in [2.75, 3.05) is 7.11 Å². The first-order valence-corrected chi connectivity index (χ1v) is 10.6. The summed E-state index contributed by atoms with van der Waals surface area (Å²) in [6.07, 6.45) is 0. The monoisotopic (exact) mass is 479 g/mol. The molecule has 1 heterocycles. The maximum absolute atomic E-state index is 12.5. The standard InChI is InChI=1S/C24H25N5O6/c1-14-7-6-8-19(11-14)24(31)35-20-10-9-18(12-21(20)34-5)15(2)25-26-22(30)13-28-17(4)23(29(32)33)16(3)27-28/h6-12H,13H2,1-5H3,(H,26,30). The molecule has 35 heavy (non-hydrogen) atoms. The van der Waals surface area contributed by atoms with Crippen LogP contribution in [0.25, 0.3) is 0 Å². The predicted molar refractivity (Wildman–Crippen MR) is 128 cm³/mol. The van der Waals surface area contributed by atoms with E-state index in [1.54, 1.807) is 43.3 Å². The van der Waals surface area contributed by atoms with Crippen molar-refractivity contribution in [1.82, 2.24) is 15.2 Å². The molecular weight excluding hydrogens is 454 g/mol. The van der Waals surface area contributed by atoms with Crippen LogP contribution in [0.2, 0.25) is 0 Å². The number of aromatic nitrogens is 2. The summed E-state index contributed by atoms with van der Waals surface area (Å²) < 4.78 is 12.1. The molecule has 1 aromatic heterocycles. The van der Waals surface area contributed by atoms with Crippen LogP contribution in [0.5, 0.6) is 11.5 Å². The molecule has 0 saturated carbocycles. The van der Waals surface area contributed by atoms with Crippen molar-refractivity contribution in [1.29, 1.82) is 0 Å². The van der Waals surface area contributed by atoms with Crippen LogP contribution in [-0.4, -0.2) is 39.4 Å². The fourth-order valence-corrected chi connectivity index (χ4v) is 3.40. The average molecular weight is 479 g/mol. The summed E-state index contributed by atoms with van der Waals surface area (Å²) in [6, 6.07) is 11.9. The van der Waals surface area contributed by atoms with Crippen LogP contribution in [-0.2, 0) is 11.3 Å². The number of benzene rings is 2. The first-order valence-electron chi connectivity index (χ1n) is 10.6. The molecule has 1 N–H and O–H groups in total. The fraction of sp³-hybridized carbons (Fsp3) is 0.250. The van der Waals surface area contributed by atoms with Crippen molar-refractivity contribution in [3.8, 4) is 11.5 Å². The van der Waals surface area contributed by atoms with Crippen molar-refractivity contribution < 1.29 is 24.0 Å². The quantitative estimate of drug-likeness (QED) is 0.172. The molecule has 0 saturated heterocycles. The number of hydrogen-bond acceptors (Lipinski definition) is 8. The third-order valence-corrected chi connectivity index (χ3v) is 5.21. The van der Waals surface area contributed by atoms with Crippen LogP contribution in [0.15, 0.2) is 47.6 Å². The zero-order valence-electron chi connectivity index (χ0n) is 20.0. The van der Waals surface area contributed by atoms with Gasteiger partial charge in [-0.25, -0.2) is 10.2 Å². The lowest BCUT2D eigenvalue weighted by molar-refractivity contribution is -0.386. The summed E-state index contributed by atoms with van der Waals surface area (Å²) in [6.45, 7) is 6.38. The molecular formula is C24H25N5O6. The molecule has 3 rings (SSSR count). The van der Waals surface area contributed by atoms with Crippen LogP contribution >= 0.6 is 0 Å². The van der Waals surface area contributed by atoms with Crippen LogP contribution in [0.4, 0.5) is 5.69 Å². The van der Waals surface area contributed by atoms with Gasteiger partial charge in [0.25, 0.3) is 5.91 Å². The van der Waals surface area contributed by atoms with Gasteiger partial charge >= 0.3 is 11.7 Å². The number of esters is 1. The largest absolute Gasteiger partial charge is 0.493 e. The molecule has 1 amide bonds. The van der Waals surface area contributed by atoms with E-state index < -0.39 is 16.8 Å². The molecule has 11 nitrogen and oxygen atoms in total. The molecule has 0 radical (unpaired) electrons. The van der Waals surface area contributed by atoms with E-state index in [0.29, 0.717) is 22.6 Å². The predicted octanol–water partition coefficient (Wildman–Crippen LogP) is 3.48. The fourth-order valence-electron chi connectivity index (χ4n) is 3.40. The third-order valence-electron chi connectivity index (χ3n) is 5.21. The highest BCUT2D eigenvalue weighted by molar-refractivity contribution is 6.00. The average Bonchev–Trinajstić information content (AvgIpc) is 3.10. The Morgan fingerprint density at radius 1 is 1.11 bits per heavy atom. The van der Waals surface area contributed by atoms with E-state index in [2.05, 4.69) is 15.6 Å². The van der Waals surface area contributed by atoms with Crippen molar-refractivity contribution in [2.24, 2.45) is 5.10 Å². The van der Waals surface area contributed by atoms with Gasteiger partial charge in [-0.2, -0.15) is 10.2 Å². The van der Waals surface area contributed by atoms with Crippen molar-refractivity contribution >= 4 is 23.3 Å². The van der Waals surface area contributed by atoms with E-state index in [9.17, 15) is 19.7 Å². The topological polar surface area (TPSA) is 138 Å². The van der Waals surface area contributed by atoms with Crippen LogP contribution in [0.1, 0.15) is 39.8 Å².